The van der Waals surface area contributed by atoms with Crippen LogP contribution >= 0.6 is 0 Å². The summed E-state index contributed by atoms with van der Waals surface area (Å²) in [5.74, 6) is 3.06. The first-order valence-electron chi connectivity index (χ1n) is 13.8. The molecule has 1 amide bonds. The van der Waals surface area contributed by atoms with Crippen molar-refractivity contribution in [3.8, 4) is 12.3 Å². The molecule has 3 aromatic rings. The predicted octanol–water partition coefficient (Wildman–Crippen LogP) is 3.52. The van der Waals surface area contributed by atoms with E-state index in [0.29, 0.717) is 22.5 Å². The number of piperazine rings is 1. The third-order valence-electron chi connectivity index (χ3n) is 7.87. The van der Waals surface area contributed by atoms with E-state index in [9.17, 15) is 9.59 Å². The van der Waals surface area contributed by atoms with Gasteiger partial charge in [-0.15, -0.1) is 6.42 Å². The molecule has 2 aromatic heterocycles. The van der Waals surface area contributed by atoms with E-state index in [0.717, 1.165) is 57.5 Å². The van der Waals surface area contributed by atoms with E-state index in [2.05, 4.69) is 50.5 Å². The minimum Gasteiger partial charge on any atom is -0.369 e. The molecule has 0 unspecified atom stereocenters. The number of anilines is 3. The number of fused-ring (bicyclic) bond motifs is 1. The molecule has 39 heavy (non-hydrogen) atoms. The standard InChI is InChI=1S/C30H37N7O2/c1-5-21-18-27(38)37(25-12-8-22(9-13-25)32-29(39)20(2)3)28-26(21)19-31-30(34-28)33-23-6-10-24(11-7-23)36-16-14-35(4)15-17-36/h1,6-7,10-11,18-20,22,25H,8-9,12-17H2,2-4H3,(H,32,39)(H,31,33,34). The van der Waals surface area contributed by atoms with E-state index in [4.69, 9.17) is 11.4 Å². The number of carbonyl (C=O) groups excluding carboxylic acids is 1. The fraction of sp³-hybridized carbons (Fsp3) is 0.467. The number of hydrogen-bond donors (Lipinski definition) is 2. The van der Waals surface area contributed by atoms with Crippen LogP contribution in [0.4, 0.5) is 17.3 Å². The zero-order valence-electron chi connectivity index (χ0n) is 23.0. The van der Waals surface area contributed by atoms with E-state index in [1.54, 1.807) is 10.8 Å². The Morgan fingerprint density at radius 2 is 1.77 bits per heavy atom. The van der Waals surface area contributed by atoms with E-state index >= 15 is 0 Å². The molecule has 2 fully saturated rings. The largest absolute Gasteiger partial charge is 0.369 e. The number of likely N-dealkylation sites (N-methyl/N-ethyl adjacent to an activating group) is 1. The molecular weight excluding hydrogens is 490 g/mol. The lowest BCUT2D eigenvalue weighted by Gasteiger charge is -2.34. The highest BCUT2D eigenvalue weighted by molar-refractivity contribution is 5.82. The van der Waals surface area contributed by atoms with Gasteiger partial charge in [-0.1, -0.05) is 19.8 Å². The molecule has 3 heterocycles. The van der Waals surface area contributed by atoms with Crippen LogP contribution in [0.25, 0.3) is 11.0 Å². The highest BCUT2D eigenvalue weighted by atomic mass is 16.2. The Labute approximate surface area is 229 Å². The molecule has 1 saturated carbocycles. The Morgan fingerprint density at radius 3 is 2.41 bits per heavy atom. The van der Waals surface area contributed by atoms with Crippen molar-refractivity contribution in [1.29, 1.82) is 0 Å². The summed E-state index contributed by atoms with van der Waals surface area (Å²) in [5, 5.41) is 7.11. The van der Waals surface area contributed by atoms with Crippen LogP contribution in [0.15, 0.2) is 41.3 Å². The summed E-state index contributed by atoms with van der Waals surface area (Å²) < 4.78 is 1.76. The second-order valence-electron chi connectivity index (χ2n) is 11.0. The molecule has 2 aliphatic rings. The smallest absolute Gasteiger partial charge is 0.253 e. The Balaban J connectivity index is 1.37. The van der Waals surface area contributed by atoms with Gasteiger partial charge in [0.2, 0.25) is 11.9 Å². The highest BCUT2D eigenvalue weighted by Crippen LogP contribution is 2.31. The van der Waals surface area contributed by atoms with Crippen molar-refractivity contribution in [2.75, 3.05) is 43.4 Å². The average molecular weight is 528 g/mol. The lowest BCUT2D eigenvalue weighted by atomic mass is 9.90. The van der Waals surface area contributed by atoms with Crippen LogP contribution in [0.1, 0.15) is 51.1 Å². The second-order valence-corrected chi connectivity index (χ2v) is 11.0. The fourth-order valence-electron chi connectivity index (χ4n) is 5.45. The van der Waals surface area contributed by atoms with Crippen LogP contribution in [-0.4, -0.2) is 64.6 Å². The van der Waals surface area contributed by atoms with Crippen LogP contribution in [0.2, 0.25) is 0 Å². The van der Waals surface area contributed by atoms with E-state index in [1.807, 2.05) is 26.0 Å². The molecule has 1 aliphatic heterocycles. The van der Waals surface area contributed by atoms with Gasteiger partial charge in [0, 0.05) is 73.4 Å². The maximum atomic E-state index is 13.2. The molecule has 5 rings (SSSR count). The third kappa shape index (κ3) is 5.91. The topological polar surface area (TPSA) is 95.4 Å². The molecular formula is C30H37N7O2. The number of aromatic nitrogens is 3. The summed E-state index contributed by atoms with van der Waals surface area (Å²) in [6.07, 6.45) is 10.6. The molecule has 0 bridgehead atoms. The van der Waals surface area contributed by atoms with E-state index in [1.165, 1.54) is 11.8 Å². The monoisotopic (exact) mass is 527 g/mol. The molecule has 0 atom stereocenters. The van der Waals surface area contributed by atoms with Gasteiger partial charge in [-0.3, -0.25) is 14.2 Å². The van der Waals surface area contributed by atoms with Crippen molar-refractivity contribution in [3.63, 3.8) is 0 Å². The molecule has 1 aromatic carbocycles. The first-order valence-corrected chi connectivity index (χ1v) is 13.8. The fourth-order valence-corrected chi connectivity index (χ4v) is 5.45. The first-order chi connectivity index (χ1) is 18.8. The van der Waals surface area contributed by atoms with Gasteiger partial charge >= 0.3 is 0 Å². The summed E-state index contributed by atoms with van der Waals surface area (Å²) in [5.41, 5.74) is 2.94. The predicted molar refractivity (Wildman–Crippen MR) is 155 cm³/mol. The van der Waals surface area contributed by atoms with Gasteiger partial charge < -0.3 is 20.4 Å². The lowest BCUT2D eigenvalue weighted by molar-refractivity contribution is -0.125. The zero-order chi connectivity index (χ0) is 27.5. The Bertz CT molecular complexity index is 1420. The maximum absolute atomic E-state index is 13.2. The number of nitrogens with zero attached hydrogens (tertiary/aromatic N) is 5. The summed E-state index contributed by atoms with van der Waals surface area (Å²) in [6, 6.07) is 9.88. The first kappa shape index (κ1) is 26.7. The van der Waals surface area contributed by atoms with Gasteiger partial charge in [-0.25, -0.2) is 4.98 Å². The Morgan fingerprint density at radius 1 is 1.08 bits per heavy atom. The van der Waals surface area contributed by atoms with Gasteiger partial charge in [0.15, 0.2) is 0 Å². The zero-order valence-corrected chi connectivity index (χ0v) is 23.0. The van der Waals surface area contributed by atoms with E-state index in [-0.39, 0.29) is 29.5 Å². The summed E-state index contributed by atoms with van der Waals surface area (Å²) in [7, 11) is 2.15. The van der Waals surface area contributed by atoms with Crippen molar-refractivity contribution >= 4 is 34.3 Å². The molecule has 1 aliphatic carbocycles. The number of carbonyl (C=O) groups is 1. The molecule has 1 saturated heterocycles. The van der Waals surface area contributed by atoms with Crippen molar-refractivity contribution < 1.29 is 4.79 Å². The number of hydrogen-bond acceptors (Lipinski definition) is 7. The van der Waals surface area contributed by atoms with Gasteiger partial charge in [0.05, 0.1) is 5.39 Å². The highest BCUT2D eigenvalue weighted by Gasteiger charge is 2.27. The molecule has 0 spiro atoms. The summed E-state index contributed by atoms with van der Waals surface area (Å²) >= 11 is 0. The van der Waals surface area contributed by atoms with Gasteiger partial charge in [0.25, 0.3) is 5.56 Å². The SMILES string of the molecule is C#Cc1cc(=O)n(C2CCC(NC(=O)C(C)C)CC2)c2nc(Nc3ccc(N4CCN(C)CC4)cc3)ncc12. The lowest BCUT2D eigenvalue weighted by Crippen LogP contribution is -2.44. The molecule has 9 nitrogen and oxygen atoms in total. The van der Waals surface area contributed by atoms with Crippen LogP contribution in [-0.2, 0) is 4.79 Å². The number of nitrogens with one attached hydrogen (secondary N) is 2. The van der Waals surface area contributed by atoms with Crippen LogP contribution in [0, 0.1) is 18.3 Å². The van der Waals surface area contributed by atoms with Crippen LogP contribution in [0.5, 0.6) is 0 Å². The number of pyridine rings is 1. The summed E-state index contributed by atoms with van der Waals surface area (Å²) in [4.78, 5) is 39.4. The van der Waals surface area contributed by atoms with Gasteiger partial charge in [-0.2, -0.15) is 4.98 Å². The van der Waals surface area contributed by atoms with Crippen molar-refractivity contribution in [2.24, 2.45) is 5.92 Å². The molecule has 204 valence electrons. The van der Waals surface area contributed by atoms with Gasteiger partial charge in [-0.05, 0) is 57.0 Å². The van der Waals surface area contributed by atoms with Crippen molar-refractivity contribution in [3.05, 3.63) is 52.4 Å². The number of amides is 1. The molecule has 2 N–H and O–H groups in total. The van der Waals surface area contributed by atoms with Crippen LogP contribution in [0.3, 0.4) is 0 Å². The summed E-state index contributed by atoms with van der Waals surface area (Å²) in [6.45, 7) is 7.93. The van der Waals surface area contributed by atoms with E-state index < -0.39 is 0 Å². The van der Waals surface area contributed by atoms with Crippen molar-refractivity contribution in [1.82, 2.24) is 24.8 Å². The quantitative estimate of drug-likeness (QED) is 0.474. The average Bonchev–Trinajstić information content (AvgIpc) is 2.94. The minimum atomic E-state index is -0.161. The normalized spacial score (nSPS) is 20.1. The maximum Gasteiger partial charge on any atom is 0.253 e. The Hall–Kier alpha value is -3.90. The van der Waals surface area contributed by atoms with Gasteiger partial charge in [0.1, 0.15) is 5.65 Å². The van der Waals surface area contributed by atoms with Crippen LogP contribution < -0.4 is 21.1 Å². The van der Waals surface area contributed by atoms with Crippen molar-refractivity contribution in [2.45, 2.75) is 51.6 Å². The minimum absolute atomic E-state index is 0.0235. The third-order valence-corrected chi connectivity index (χ3v) is 7.87. The number of rotatable bonds is 6. The molecule has 0 radical (unpaired) electrons. The second kappa shape index (κ2) is 11.5. The molecule has 9 heteroatoms. The number of benzene rings is 1. The Kier molecular flexibility index (Phi) is 7.84. The number of terminal acetylenes is 1.